The molecule has 8 heteroatoms. The predicted octanol–water partition coefficient (Wildman–Crippen LogP) is -1.81. The van der Waals surface area contributed by atoms with E-state index in [4.69, 9.17) is 5.11 Å². The van der Waals surface area contributed by atoms with Gasteiger partial charge in [-0.2, -0.15) is 0 Å². The molecule has 0 aliphatic carbocycles. The normalized spacial score (nSPS) is 16.6. The minimum absolute atomic E-state index is 0.00533. The van der Waals surface area contributed by atoms with Gasteiger partial charge in [0.2, 0.25) is 0 Å². The summed E-state index contributed by atoms with van der Waals surface area (Å²) in [7, 11) is 0. The standard InChI is InChI=1S/C13H16O8/c14-5-9(16)11(18)12(19)10(17)6-21-13(20)7-3-1-2-4-8(7)15/h1-5,9-12,15-19H,6H2/t9-,10+,11+,12+/m0/s1. The second-order valence-electron chi connectivity index (χ2n) is 4.29. The van der Waals surface area contributed by atoms with E-state index in [-0.39, 0.29) is 17.6 Å². The van der Waals surface area contributed by atoms with Gasteiger partial charge in [-0.25, -0.2) is 4.79 Å². The van der Waals surface area contributed by atoms with E-state index in [1.54, 1.807) is 0 Å². The summed E-state index contributed by atoms with van der Waals surface area (Å²) in [5, 5.41) is 46.7. The molecule has 0 bridgehead atoms. The van der Waals surface area contributed by atoms with Gasteiger partial charge in [-0.3, -0.25) is 0 Å². The van der Waals surface area contributed by atoms with Crippen molar-refractivity contribution in [2.75, 3.05) is 6.61 Å². The van der Waals surface area contributed by atoms with Gasteiger partial charge in [0.05, 0.1) is 0 Å². The molecule has 0 aliphatic rings. The number of carbonyl (C=O) groups is 2. The predicted molar refractivity (Wildman–Crippen MR) is 68.5 cm³/mol. The summed E-state index contributed by atoms with van der Waals surface area (Å²) in [6.07, 6.45) is -7.40. The average Bonchev–Trinajstić information content (AvgIpc) is 2.50. The van der Waals surface area contributed by atoms with Crippen molar-refractivity contribution in [2.45, 2.75) is 24.4 Å². The van der Waals surface area contributed by atoms with Crippen LogP contribution in [0.2, 0.25) is 0 Å². The zero-order chi connectivity index (χ0) is 16.0. The van der Waals surface area contributed by atoms with Gasteiger partial charge in [0, 0.05) is 0 Å². The molecule has 0 spiro atoms. The first kappa shape index (κ1) is 17.1. The Kier molecular flexibility index (Phi) is 6.25. The summed E-state index contributed by atoms with van der Waals surface area (Å²) < 4.78 is 4.67. The lowest BCUT2D eigenvalue weighted by atomic mass is 10.0. The molecule has 0 radical (unpaired) electrons. The van der Waals surface area contributed by atoms with E-state index in [0.29, 0.717) is 0 Å². The second kappa shape index (κ2) is 7.70. The number of hydrogen-bond donors (Lipinski definition) is 5. The molecular weight excluding hydrogens is 284 g/mol. The fraction of sp³-hybridized carbons (Fsp3) is 0.385. The number of carbonyl (C=O) groups excluding carboxylic acids is 2. The maximum Gasteiger partial charge on any atom is 0.342 e. The molecule has 1 aromatic carbocycles. The van der Waals surface area contributed by atoms with Crippen LogP contribution in [-0.4, -0.2) is 68.8 Å². The number of ether oxygens (including phenoxy) is 1. The van der Waals surface area contributed by atoms with Crippen LogP contribution < -0.4 is 0 Å². The van der Waals surface area contributed by atoms with Crippen LogP contribution in [0.3, 0.4) is 0 Å². The fourth-order valence-electron chi connectivity index (χ4n) is 1.49. The van der Waals surface area contributed by atoms with Gasteiger partial charge in [0.25, 0.3) is 0 Å². The number of esters is 1. The monoisotopic (exact) mass is 300 g/mol. The largest absolute Gasteiger partial charge is 0.507 e. The topological polar surface area (TPSA) is 145 Å². The molecule has 5 N–H and O–H groups in total. The Morgan fingerprint density at radius 2 is 1.76 bits per heavy atom. The van der Waals surface area contributed by atoms with Crippen molar-refractivity contribution < 1.29 is 39.9 Å². The Hall–Kier alpha value is -2.00. The highest BCUT2D eigenvalue weighted by Gasteiger charge is 2.31. The van der Waals surface area contributed by atoms with Crippen LogP contribution in [0.25, 0.3) is 0 Å². The summed E-state index contributed by atoms with van der Waals surface area (Å²) in [5.41, 5.74) is -0.132. The molecule has 0 saturated heterocycles. The minimum Gasteiger partial charge on any atom is -0.507 e. The molecule has 0 aliphatic heterocycles. The number of aldehydes is 1. The molecule has 0 heterocycles. The second-order valence-corrected chi connectivity index (χ2v) is 4.29. The highest BCUT2D eigenvalue weighted by atomic mass is 16.5. The zero-order valence-corrected chi connectivity index (χ0v) is 10.9. The third-order valence-electron chi connectivity index (χ3n) is 2.74. The number of aliphatic hydroxyl groups is 4. The number of phenols is 1. The number of hydrogen-bond acceptors (Lipinski definition) is 8. The van der Waals surface area contributed by atoms with Crippen molar-refractivity contribution in [3.8, 4) is 5.75 Å². The van der Waals surface area contributed by atoms with Crippen LogP contribution in [0.15, 0.2) is 24.3 Å². The number of benzene rings is 1. The summed E-state index contributed by atoms with van der Waals surface area (Å²) in [6.45, 7) is -0.697. The maximum absolute atomic E-state index is 11.6. The highest BCUT2D eigenvalue weighted by Crippen LogP contribution is 2.16. The van der Waals surface area contributed by atoms with Crippen LogP contribution in [-0.2, 0) is 9.53 Å². The Balaban J connectivity index is 2.56. The van der Waals surface area contributed by atoms with E-state index in [0.717, 1.165) is 0 Å². The van der Waals surface area contributed by atoms with Gasteiger partial charge < -0.3 is 35.1 Å². The molecule has 116 valence electrons. The first-order valence-corrected chi connectivity index (χ1v) is 6.01. The van der Waals surface area contributed by atoms with E-state index < -0.39 is 37.0 Å². The van der Waals surface area contributed by atoms with E-state index >= 15 is 0 Å². The van der Waals surface area contributed by atoms with Crippen molar-refractivity contribution in [2.24, 2.45) is 0 Å². The summed E-state index contributed by atoms with van der Waals surface area (Å²) in [5.74, 6) is -1.25. The van der Waals surface area contributed by atoms with Crippen LogP contribution >= 0.6 is 0 Å². The summed E-state index contributed by atoms with van der Waals surface area (Å²) >= 11 is 0. The third kappa shape index (κ3) is 4.50. The summed E-state index contributed by atoms with van der Waals surface area (Å²) in [6, 6.07) is 5.56. The molecule has 0 fully saturated rings. The van der Waals surface area contributed by atoms with Crippen LogP contribution in [0.5, 0.6) is 5.75 Å². The fourth-order valence-corrected chi connectivity index (χ4v) is 1.49. The van der Waals surface area contributed by atoms with Gasteiger partial charge >= 0.3 is 5.97 Å². The first-order chi connectivity index (χ1) is 9.88. The molecule has 1 rings (SSSR count). The highest BCUT2D eigenvalue weighted by molar-refractivity contribution is 5.92. The molecular formula is C13H16O8. The minimum atomic E-state index is -1.92. The van der Waals surface area contributed by atoms with Gasteiger partial charge in [0.15, 0.2) is 6.29 Å². The lowest BCUT2D eigenvalue weighted by Gasteiger charge is -2.23. The van der Waals surface area contributed by atoms with Gasteiger partial charge in [-0.15, -0.1) is 0 Å². The number of phenolic OH excluding ortho intramolecular Hbond substituents is 1. The van der Waals surface area contributed by atoms with Crippen molar-refractivity contribution in [3.05, 3.63) is 29.8 Å². The van der Waals surface area contributed by atoms with Crippen molar-refractivity contribution in [1.82, 2.24) is 0 Å². The SMILES string of the molecule is O=C[C@H](O)[C@@H](O)[C@H](O)[C@H](O)COC(=O)c1ccccc1O. The molecule has 0 saturated carbocycles. The zero-order valence-electron chi connectivity index (χ0n) is 10.9. The van der Waals surface area contributed by atoms with Crippen molar-refractivity contribution in [1.29, 1.82) is 0 Å². The molecule has 21 heavy (non-hydrogen) atoms. The molecule has 8 nitrogen and oxygen atoms in total. The lowest BCUT2D eigenvalue weighted by molar-refractivity contribution is -0.136. The average molecular weight is 300 g/mol. The molecule has 0 aromatic heterocycles. The number of rotatable bonds is 7. The Bertz CT molecular complexity index is 489. The smallest absolute Gasteiger partial charge is 0.342 e. The van der Waals surface area contributed by atoms with E-state index in [2.05, 4.69) is 4.74 Å². The van der Waals surface area contributed by atoms with E-state index in [9.17, 15) is 30.0 Å². The maximum atomic E-state index is 11.6. The quantitative estimate of drug-likeness (QED) is 0.293. The van der Waals surface area contributed by atoms with E-state index in [1.165, 1.54) is 24.3 Å². The van der Waals surface area contributed by atoms with Gasteiger partial charge in [-0.05, 0) is 12.1 Å². The van der Waals surface area contributed by atoms with Gasteiger partial charge in [0.1, 0.15) is 42.3 Å². The Morgan fingerprint density at radius 1 is 1.14 bits per heavy atom. The Labute approximate surface area is 119 Å². The molecule has 0 amide bonds. The number of para-hydroxylation sites is 1. The number of aromatic hydroxyl groups is 1. The first-order valence-electron chi connectivity index (χ1n) is 6.01. The van der Waals surface area contributed by atoms with Crippen LogP contribution in [0.1, 0.15) is 10.4 Å². The van der Waals surface area contributed by atoms with Crippen molar-refractivity contribution in [3.63, 3.8) is 0 Å². The summed E-state index contributed by atoms with van der Waals surface area (Å²) in [4.78, 5) is 21.9. The van der Waals surface area contributed by atoms with Crippen LogP contribution in [0.4, 0.5) is 0 Å². The Morgan fingerprint density at radius 3 is 2.33 bits per heavy atom. The van der Waals surface area contributed by atoms with Crippen molar-refractivity contribution >= 4 is 12.3 Å². The van der Waals surface area contributed by atoms with E-state index in [1.807, 2.05) is 0 Å². The third-order valence-corrected chi connectivity index (χ3v) is 2.74. The van der Waals surface area contributed by atoms with Gasteiger partial charge in [-0.1, -0.05) is 12.1 Å². The number of aliphatic hydroxyl groups excluding tert-OH is 4. The lowest BCUT2D eigenvalue weighted by Crippen LogP contribution is -2.46. The molecule has 1 aromatic rings. The van der Waals surface area contributed by atoms with Crippen LogP contribution in [0, 0.1) is 0 Å². The molecule has 4 atom stereocenters. The molecule has 0 unspecified atom stereocenters.